The van der Waals surface area contributed by atoms with Crippen molar-refractivity contribution >= 4 is 21.7 Å². The van der Waals surface area contributed by atoms with E-state index in [1.165, 1.54) is 37.3 Å². The van der Waals surface area contributed by atoms with Gasteiger partial charge >= 0.3 is 0 Å². The zero-order valence-corrected chi connectivity index (χ0v) is 20.3. The molecule has 3 N–H and O–H groups in total. The van der Waals surface area contributed by atoms with Gasteiger partial charge in [0, 0.05) is 24.1 Å². The summed E-state index contributed by atoms with van der Waals surface area (Å²) in [6.07, 6.45) is -1.54. The molecule has 1 amide bonds. The molecule has 0 unspecified atom stereocenters. The van der Waals surface area contributed by atoms with Crippen LogP contribution >= 0.6 is 0 Å². The number of hydrogen-bond acceptors (Lipinski definition) is 8. The van der Waals surface area contributed by atoms with Crippen molar-refractivity contribution in [2.24, 2.45) is 0 Å². The standard InChI is InChI=1S/C23H24F3N5O4S/c1-13-10-15(11-17(29-13)21(25)26)19-20(14-4-6-16(24)7-5-14)30-23(27)31-22(19)35-12-18(32)28-8-3-9-36(2,33)34/h4-7,10-11,21H,3,8-9,12H2,1-2H3,(H,28,32)(H2,27,30,31). The Hall–Kier alpha value is -3.74. The maximum absolute atomic E-state index is 13.5. The predicted octanol–water partition coefficient (Wildman–Crippen LogP) is 3.10. The van der Waals surface area contributed by atoms with Crippen molar-refractivity contribution < 1.29 is 31.1 Å². The van der Waals surface area contributed by atoms with Crippen LogP contribution < -0.4 is 15.8 Å². The molecule has 0 saturated heterocycles. The van der Waals surface area contributed by atoms with Crippen LogP contribution in [0.25, 0.3) is 22.4 Å². The zero-order valence-electron chi connectivity index (χ0n) is 19.5. The molecule has 0 bridgehead atoms. The van der Waals surface area contributed by atoms with E-state index in [1.807, 2.05) is 0 Å². The number of nitrogens with zero attached hydrogens (tertiary/aromatic N) is 3. The summed E-state index contributed by atoms with van der Waals surface area (Å²) in [6.45, 7) is 1.13. The molecule has 192 valence electrons. The number of aromatic nitrogens is 3. The molecule has 3 aromatic rings. The number of pyridine rings is 1. The first kappa shape index (κ1) is 26.9. The Bertz CT molecular complexity index is 1350. The molecular weight excluding hydrogens is 499 g/mol. The van der Waals surface area contributed by atoms with Gasteiger partial charge in [0.15, 0.2) is 6.61 Å². The molecule has 9 nitrogen and oxygen atoms in total. The highest BCUT2D eigenvalue weighted by Crippen LogP contribution is 2.39. The Morgan fingerprint density at radius 3 is 2.44 bits per heavy atom. The number of hydrogen-bond donors (Lipinski definition) is 2. The summed E-state index contributed by atoms with van der Waals surface area (Å²) in [6, 6.07) is 7.93. The van der Waals surface area contributed by atoms with Crippen molar-refractivity contribution in [2.75, 3.05) is 30.9 Å². The first-order valence-electron chi connectivity index (χ1n) is 10.7. The van der Waals surface area contributed by atoms with Crippen molar-refractivity contribution in [3.8, 4) is 28.3 Å². The summed E-state index contributed by atoms with van der Waals surface area (Å²) in [5, 5.41) is 2.53. The van der Waals surface area contributed by atoms with E-state index >= 15 is 0 Å². The summed E-state index contributed by atoms with van der Waals surface area (Å²) >= 11 is 0. The normalized spacial score (nSPS) is 11.5. The van der Waals surface area contributed by atoms with Gasteiger partial charge in [-0.25, -0.2) is 26.6 Å². The van der Waals surface area contributed by atoms with Gasteiger partial charge in [0.25, 0.3) is 12.3 Å². The first-order chi connectivity index (χ1) is 16.9. The Morgan fingerprint density at radius 2 is 1.81 bits per heavy atom. The first-order valence-corrected chi connectivity index (χ1v) is 12.8. The largest absolute Gasteiger partial charge is 0.467 e. The molecule has 1 aromatic carbocycles. The van der Waals surface area contributed by atoms with Gasteiger partial charge in [-0.1, -0.05) is 0 Å². The van der Waals surface area contributed by atoms with E-state index < -0.39 is 40.3 Å². The molecule has 36 heavy (non-hydrogen) atoms. The van der Waals surface area contributed by atoms with E-state index in [4.69, 9.17) is 10.5 Å². The fraction of sp³-hybridized carbons (Fsp3) is 0.304. The molecule has 0 aliphatic rings. The Morgan fingerprint density at radius 1 is 1.11 bits per heavy atom. The number of alkyl halides is 2. The van der Waals surface area contributed by atoms with E-state index in [1.54, 1.807) is 0 Å². The molecule has 0 aliphatic carbocycles. The van der Waals surface area contributed by atoms with E-state index in [0.29, 0.717) is 11.3 Å². The number of anilines is 1. The van der Waals surface area contributed by atoms with Gasteiger partial charge in [-0.15, -0.1) is 0 Å². The summed E-state index contributed by atoms with van der Waals surface area (Å²) in [5.74, 6) is -1.52. The quantitative estimate of drug-likeness (QED) is 0.387. The minimum absolute atomic E-state index is 0.0877. The van der Waals surface area contributed by atoms with Crippen LogP contribution in [0.2, 0.25) is 0 Å². The van der Waals surface area contributed by atoms with Crippen LogP contribution in [0.4, 0.5) is 19.1 Å². The molecule has 0 radical (unpaired) electrons. The van der Waals surface area contributed by atoms with Crippen molar-refractivity contribution in [3.05, 3.63) is 53.6 Å². The van der Waals surface area contributed by atoms with Crippen LogP contribution in [0.5, 0.6) is 5.88 Å². The third-order valence-electron chi connectivity index (χ3n) is 4.85. The second kappa shape index (κ2) is 11.3. The number of sulfone groups is 1. The molecule has 0 fully saturated rings. The van der Waals surface area contributed by atoms with Gasteiger partial charge in [-0.3, -0.25) is 9.78 Å². The smallest absolute Gasteiger partial charge is 0.280 e. The van der Waals surface area contributed by atoms with Gasteiger partial charge in [0.2, 0.25) is 11.8 Å². The summed E-state index contributed by atoms with van der Waals surface area (Å²) in [5.41, 5.74) is 6.65. The third kappa shape index (κ3) is 7.38. The van der Waals surface area contributed by atoms with Crippen LogP contribution in [-0.2, 0) is 14.6 Å². The highest BCUT2D eigenvalue weighted by Gasteiger charge is 2.22. The number of amides is 1. The van der Waals surface area contributed by atoms with Gasteiger partial charge in [-0.2, -0.15) is 4.98 Å². The van der Waals surface area contributed by atoms with Crippen LogP contribution in [0, 0.1) is 12.7 Å². The second-order valence-corrected chi connectivity index (χ2v) is 10.2. The number of benzene rings is 1. The lowest BCUT2D eigenvalue weighted by atomic mass is 9.99. The monoisotopic (exact) mass is 523 g/mol. The van der Waals surface area contributed by atoms with Gasteiger partial charge in [-0.05, 0) is 55.3 Å². The number of nitrogen functional groups attached to an aromatic ring is 1. The molecular formula is C23H24F3N5O4S. The summed E-state index contributed by atoms with van der Waals surface area (Å²) in [7, 11) is -3.16. The Balaban J connectivity index is 1.98. The highest BCUT2D eigenvalue weighted by molar-refractivity contribution is 7.90. The average Bonchev–Trinajstić information content (AvgIpc) is 2.79. The minimum atomic E-state index is -3.16. The lowest BCUT2D eigenvalue weighted by molar-refractivity contribution is -0.123. The minimum Gasteiger partial charge on any atom is -0.467 e. The van der Waals surface area contributed by atoms with Crippen LogP contribution in [0.15, 0.2) is 36.4 Å². The fourth-order valence-electron chi connectivity index (χ4n) is 3.34. The van der Waals surface area contributed by atoms with Gasteiger partial charge in [0.1, 0.15) is 21.3 Å². The number of nitrogens with two attached hydrogens (primary N) is 1. The number of carbonyl (C=O) groups excluding carboxylic acids is 1. The SMILES string of the molecule is Cc1cc(-c2c(OCC(=O)NCCCS(C)(=O)=O)nc(N)nc2-c2ccc(F)cc2)cc(C(F)F)n1. The molecule has 2 aromatic heterocycles. The predicted molar refractivity (Wildman–Crippen MR) is 128 cm³/mol. The van der Waals surface area contributed by atoms with Crippen molar-refractivity contribution in [2.45, 2.75) is 19.8 Å². The zero-order chi connectivity index (χ0) is 26.5. The molecule has 2 heterocycles. The molecule has 0 spiro atoms. The van der Waals surface area contributed by atoms with E-state index in [-0.39, 0.29) is 47.4 Å². The van der Waals surface area contributed by atoms with E-state index in [0.717, 1.165) is 12.3 Å². The number of ether oxygens (including phenoxy) is 1. The topological polar surface area (TPSA) is 137 Å². The van der Waals surface area contributed by atoms with Crippen LogP contribution in [-0.4, -0.2) is 54.4 Å². The van der Waals surface area contributed by atoms with E-state index in [9.17, 15) is 26.4 Å². The number of aryl methyl sites for hydroxylation is 1. The number of nitrogens with one attached hydrogen (secondary N) is 1. The van der Waals surface area contributed by atoms with E-state index in [2.05, 4.69) is 20.3 Å². The fourth-order valence-corrected chi connectivity index (χ4v) is 4.00. The Labute approximate surface area is 205 Å². The summed E-state index contributed by atoms with van der Waals surface area (Å²) < 4.78 is 68.5. The molecule has 0 atom stereocenters. The molecule has 0 aliphatic heterocycles. The van der Waals surface area contributed by atoms with Gasteiger partial charge in [0.05, 0.1) is 17.0 Å². The lowest BCUT2D eigenvalue weighted by Gasteiger charge is -2.16. The van der Waals surface area contributed by atoms with Gasteiger partial charge < -0.3 is 15.8 Å². The highest BCUT2D eigenvalue weighted by atomic mass is 32.2. The maximum atomic E-state index is 13.5. The number of halogens is 3. The number of rotatable bonds is 10. The van der Waals surface area contributed by atoms with Crippen molar-refractivity contribution in [1.29, 1.82) is 0 Å². The van der Waals surface area contributed by atoms with Crippen LogP contribution in [0.1, 0.15) is 24.2 Å². The van der Waals surface area contributed by atoms with Crippen molar-refractivity contribution in [1.82, 2.24) is 20.3 Å². The summed E-state index contributed by atoms with van der Waals surface area (Å²) in [4.78, 5) is 24.4. The lowest BCUT2D eigenvalue weighted by Crippen LogP contribution is -2.30. The third-order valence-corrected chi connectivity index (χ3v) is 5.88. The molecule has 3 rings (SSSR count). The maximum Gasteiger partial charge on any atom is 0.280 e. The van der Waals surface area contributed by atoms with Crippen LogP contribution in [0.3, 0.4) is 0 Å². The average molecular weight is 524 g/mol. The van der Waals surface area contributed by atoms with Crippen molar-refractivity contribution in [3.63, 3.8) is 0 Å². The molecule has 0 saturated carbocycles. The second-order valence-electron chi connectivity index (χ2n) is 7.96. The Kier molecular flexibility index (Phi) is 8.45. The molecule has 13 heteroatoms. The number of carbonyl (C=O) groups is 1.